The van der Waals surface area contributed by atoms with Gasteiger partial charge >= 0.3 is 0 Å². The third-order valence-electron chi connectivity index (χ3n) is 4.13. The molecule has 0 aliphatic heterocycles. The molecule has 2 nitrogen and oxygen atoms in total. The Bertz CT molecular complexity index is 361. The minimum absolute atomic E-state index is 0.360. The van der Waals surface area contributed by atoms with Gasteiger partial charge in [-0.15, -0.1) is 0 Å². The number of rotatable bonds is 4. The molecule has 0 heterocycles. The summed E-state index contributed by atoms with van der Waals surface area (Å²) in [6.45, 7) is 3.37. The average Bonchev–Trinajstić information content (AvgIpc) is 2.38. The molecule has 1 aromatic rings. The van der Waals surface area contributed by atoms with Crippen molar-refractivity contribution >= 4 is 5.69 Å². The molecule has 1 saturated carbocycles. The van der Waals surface area contributed by atoms with Gasteiger partial charge in [0.25, 0.3) is 0 Å². The number of hydrogen-bond donors (Lipinski definition) is 1. The molecule has 2 heteroatoms. The standard InChI is InChI=1S/C16H26N2/c1-16(11-5-4-6-12-16)17-13-14-7-9-15(10-8-14)18(2)3/h7-10,17H,4-6,11-13H2,1-3H3. The van der Waals surface area contributed by atoms with Crippen LogP contribution < -0.4 is 10.2 Å². The molecule has 2 rings (SSSR count). The summed E-state index contributed by atoms with van der Waals surface area (Å²) < 4.78 is 0. The lowest BCUT2D eigenvalue weighted by molar-refractivity contribution is 0.252. The van der Waals surface area contributed by atoms with Gasteiger partial charge in [0.2, 0.25) is 0 Å². The molecule has 0 aromatic heterocycles. The van der Waals surface area contributed by atoms with Crippen LogP contribution in [0.4, 0.5) is 5.69 Å². The van der Waals surface area contributed by atoms with Gasteiger partial charge in [-0.2, -0.15) is 0 Å². The molecule has 0 amide bonds. The van der Waals surface area contributed by atoms with E-state index in [-0.39, 0.29) is 0 Å². The molecule has 18 heavy (non-hydrogen) atoms. The molecule has 0 bridgehead atoms. The van der Waals surface area contributed by atoms with Crippen molar-refractivity contribution in [1.29, 1.82) is 0 Å². The largest absolute Gasteiger partial charge is 0.378 e. The monoisotopic (exact) mass is 246 g/mol. The Balaban J connectivity index is 1.89. The third kappa shape index (κ3) is 3.49. The maximum absolute atomic E-state index is 3.75. The summed E-state index contributed by atoms with van der Waals surface area (Å²) >= 11 is 0. The van der Waals surface area contributed by atoms with E-state index in [0.29, 0.717) is 5.54 Å². The first kappa shape index (κ1) is 13.4. The lowest BCUT2D eigenvalue weighted by Crippen LogP contribution is -2.43. The minimum atomic E-state index is 0.360. The van der Waals surface area contributed by atoms with Crippen LogP contribution in [-0.2, 0) is 6.54 Å². The number of nitrogens with one attached hydrogen (secondary N) is 1. The van der Waals surface area contributed by atoms with Gasteiger partial charge in [0.05, 0.1) is 0 Å². The Morgan fingerprint density at radius 2 is 1.67 bits per heavy atom. The lowest BCUT2D eigenvalue weighted by Gasteiger charge is -2.35. The molecule has 0 atom stereocenters. The van der Waals surface area contributed by atoms with E-state index < -0.39 is 0 Å². The van der Waals surface area contributed by atoms with Crippen molar-refractivity contribution in [2.45, 2.75) is 51.1 Å². The highest BCUT2D eigenvalue weighted by atomic mass is 15.1. The summed E-state index contributed by atoms with van der Waals surface area (Å²) in [4.78, 5) is 2.14. The molecule has 1 fully saturated rings. The smallest absolute Gasteiger partial charge is 0.0361 e. The van der Waals surface area contributed by atoms with Gasteiger partial charge in [-0.1, -0.05) is 31.4 Å². The zero-order valence-corrected chi connectivity index (χ0v) is 12.0. The van der Waals surface area contributed by atoms with E-state index in [0.717, 1.165) is 6.54 Å². The Labute approximate surface area is 111 Å². The predicted molar refractivity (Wildman–Crippen MR) is 79.1 cm³/mol. The van der Waals surface area contributed by atoms with Crippen LogP contribution in [0.3, 0.4) is 0 Å². The van der Waals surface area contributed by atoms with Crippen LogP contribution in [0.5, 0.6) is 0 Å². The van der Waals surface area contributed by atoms with E-state index in [9.17, 15) is 0 Å². The Morgan fingerprint density at radius 1 is 1.06 bits per heavy atom. The molecule has 1 aliphatic rings. The molecule has 1 aromatic carbocycles. The van der Waals surface area contributed by atoms with Gasteiger partial charge in [-0.3, -0.25) is 0 Å². The van der Waals surface area contributed by atoms with Crippen molar-refractivity contribution in [3.8, 4) is 0 Å². The van der Waals surface area contributed by atoms with Gasteiger partial charge in [-0.05, 0) is 37.5 Å². The van der Waals surface area contributed by atoms with Crippen LogP contribution in [0.25, 0.3) is 0 Å². The van der Waals surface area contributed by atoms with E-state index in [1.807, 2.05) is 0 Å². The van der Waals surface area contributed by atoms with Crippen LogP contribution in [0.1, 0.15) is 44.6 Å². The predicted octanol–water partition coefficient (Wildman–Crippen LogP) is 3.57. The fourth-order valence-corrected chi connectivity index (χ4v) is 2.74. The first-order valence-corrected chi connectivity index (χ1v) is 7.10. The van der Waals surface area contributed by atoms with E-state index in [1.165, 1.54) is 43.4 Å². The van der Waals surface area contributed by atoms with Crippen molar-refractivity contribution < 1.29 is 0 Å². The summed E-state index contributed by atoms with van der Waals surface area (Å²) in [5.41, 5.74) is 3.01. The fourth-order valence-electron chi connectivity index (χ4n) is 2.74. The van der Waals surface area contributed by atoms with E-state index in [1.54, 1.807) is 0 Å². The fraction of sp³-hybridized carbons (Fsp3) is 0.625. The number of hydrogen-bond acceptors (Lipinski definition) is 2. The van der Waals surface area contributed by atoms with Gasteiger partial charge in [0.15, 0.2) is 0 Å². The number of benzene rings is 1. The molecule has 0 radical (unpaired) electrons. The van der Waals surface area contributed by atoms with E-state index in [2.05, 4.69) is 55.5 Å². The molecule has 100 valence electrons. The highest BCUT2D eigenvalue weighted by molar-refractivity contribution is 5.45. The molecule has 0 spiro atoms. The third-order valence-corrected chi connectivity index (χ3v) is 4.13. The average molecular weight is 246 g/mol. The summed E-state index contributed by atoms with van der Waals surface area (Å²) in [7, 11) is 4.16. The van der Waals surface area contributed by atoms with Crippen LogP contribution in [0, 0.1) is 0 Å². The normalized spacial score (nSPS) is 18.6. The Morgan fingerprint density at radius 3 is 2.22 bits per heavy atom. The van der Waals surface area contributed by atoms with Crippen LogP contribution >= 0.6 is 0 Å². The quantitative estimate of drug-likeness (QED) is 0.874. The second-order valence-corrected chi connectivity index (χ2v) is 6.04. The number of nitrogens with zero attached hydrogens (tertiary/aromatic N) is 1. The molecule has 1 aliphatic carbocycles. The second-order valence-electron chi connectivity index (χ2n) is 6.04. The van der Waals surface area contributed by atoms with E-state index in [4.69, 9.17) is 0 Å². The number of anilines is 1. The van der Waals surface area contributed by atoms with Gasteiger partial charge in [0.1, 0.15) is 0 Å². The van der Waals surface area contributed by atoms with Crippen molar-refractivity contribution in [2.75, 3.05) is 19.0 Å². The molecule has 0 unspecified atom stereocenters. The molecule has 0 saturated heterocycles. The molecular formula is C16H26N2. The van der Waals surface area contributed by atoms with Crippen molar-refractivity contribution in [2.24, 2.45) is 0 Å². The maximum atomic E-state index is 3.75. The van der Waals surface area contributed by atoms with Crippen molar-refractivity contribution in [3.63, 3.8) is 0 Å². The van der Waals surface area contributed by atoms with Crippen LogP contribution in [-0.4, -0.2) is 19.6 Å². The van der Waals surface area contributed by atoms with Crippen molar-refractivity contribution in [1.82, 2.24) is 5.32 Å². The first-order valence-electron chi connectivity index (χ1n) is 7.10. The van der Waals surface area contributed by atoms with Crippen molar-refractivity contribution in [3.05, 3.63) is 29.8 Å². The van der Waals surface area contributed by atoms with Crippen LogP contribution in [0.15, 0.2) is 24.3 Å². The summed E-state index contributed by atoms with van der Waals surface area (Å²) in [5.74, 6) is 0. The highest BCUT2D eigenvalue weighted by Gasteiger charge is 2.25. The first-order chi connectivity index (χ1) is 8.59. The Kier molecular flexibility index (Phi) is 4.28. The van der Waals surface area contributed by atoms with Crippen LogP contribution in [0.2, 0.25) is 0 Å². The lowest BCUT2D eigenvalue weighted by atomic mass is 9.83. The molecule has 1 N–H and O–H groups in total. The van der Waals surface area contributed by atoms with E-state index >= 15 is 0 Å². The topological polar surface area (TPSA) is 15.3 Å². The summed E-state index contributed by atoms with van der Waals surface area (Å²) in [6.07, 6.45) is 6.81. The van der Waals surface area contributed by atoms with Gasteiger partial charge in [0, 0.05) is 31.9 Å². The zero-order valence-electron chi connectivity index (χ0n) is 12.0. The SMILES string of the molecule is CN(C)c1ccc(CNC2(C)CCCCC2)cc1. The minimum Gasteiger partial charge on any atom is -0.378 e. The molecular weight excluding hydrogens is 220 g/mol. The summed E-state index contributed by atoms with van der Waals surface area (Å²) in [5, 5.41) is 3.75. The Hall–Kier alpha value is -1.02. The highest BCUT2D eigenvalue weighted by Crippen LogP contribution is 2.27. The zero-order chi connectivity index (χ0) is 13.0. The maximum Gasteiger partial charge on any atom is 0.0361 e. The second kappa shape index (κ2) is 5.75. The van der Waals surface area contributed by atoms with Gasteiger partial charge in [-0.25, -0.2) is 0 Å². The van der Waals surface area contributed by atoms with Gasteiger partial charge < -0.3 is 10.2 Å². The summed E-state index contributed by atoms with van der Waals surface area (Å²) in [6, 6.07) is 8.85.